The Morgan fingerprint density at radius 3 is 2.15 bits per heavy atom. The Balaban J connectivity index is 1.72. The molecule has 5 rings (SSSR count). The Morgan fingerprint density at radius 1 is 0.577 bits per heavy atom. The molecule has 5 aromatic rings. The number of hydrogen-bond donors (Lipinski definition) is 0. The minimum absolute atomic E-state index is 1.27. The molecular formula is C24H17BS. The molecule has 0 aliphatic rings. The van der Waals surface area contributed by atoms with Crippen molar-refractivity contribution in [1.29, 1.82) is 0 Å². The predicted octanol–water partition coefficient (Wildman–Crippen LogP) is 5.65. The van der Waals surface area contributed by atoms with E-state index in [-0.39, 0.29) is 0 Å². The minimum atomic E-state index is 1.27. The summed E-state index contributed by atoms with van der Waals surface area (Å²) in [6.07, 6.45) is 0. The van der Waals surface area contributed by atoms with Crippen LogP contribution < -0.4 is 5.46 Å². The van der Waals surface area contributed by atoms with Gasteiger partial charge >= 0.3 is 0 Å². The van der Waals surface area contributed by atoms with Crippen molar-refractivity contribution in [2.24, 2.45) is 0 Å². The molecule has 0 amide bonds. The van der Waals surface area contributed by atoms with Gasteiger partial charge in [0.25, 0.3) is 0 Å². The average molecular weight is 348 g/mol. The fraction of sp³-hybridized carbons (Fsp3) is 0. The largest absolute Gasteiger partial charge is 0.139 e. The lowest BCUT2D eigenvalue weighted by molar-refractivity contribution is 1.62. The van der Waals surface area contributed by atoms with Crippen molar-refractivity contribution < 1.29 is 0 Å². The molecular weight excluding hydrogens is 331 g/mol. The van der Waals surface area contributed by atoms with Crippen LogP contribution in [0.3, 0.4) is 0 Å². The normalized spacial score (nSPS) is 11.2. The fourth-order valence-corrected chi connectivity index (χ4v) is 4.90. The van der Waals surface area contributed by atoms with E-state index in [0.717, 1.165) is 0 Å². The van der Waals surface area contributed by atoms with Gasteiger partial charge in [0.1, 0.15) is 7.85 Å². The fourth-order valence-electron chi connectivity index (χ4n) is 3.67. The number of fused-ring (bicyclic) bond motifs is 3. The summed E-state index contributed by atoms with van der Waals surface area (Å²) in [6, 6.07) is 32.9. The first-order valence-corrected chi connectivity index (χ1v) is 9.69. The van der Waals surface area contributed by atoms with Crippen molar-refractivity contribution in [3.8, 4) is 22.3 Å². The molecule has 26 heavy (non-hydrogen) atoms. The van der Waals surface area contributed by atoms with E-state index in [9.17, 15) is 0 Å². The van der Waals surface area contributed by atoms with E-state index < -0.39 is 0 Å². The Hall–Kier alpha value is -2.84. The summed E-state index contributed by atoms with van der Waals surface area (Å²) in [4.78, 5) is 0. The summed E-state index contributed by atoms with van der Waals surface area (Å²) in [5, 5.41) is 2.70. The molecule has 4 aromatic carbocycles. The van der Waals surface area contributed by atoms with Gasteiger partial charge in [-0.3, -0.25) is 0 Å². The van der Waals surface area contributed by atoms with E-state index in [4.69, 9.17) is 0 Å². The lowest BCUT2D eigenvalue weighted by Crippen LogP contribution is -2.00. The van der Waals surface area contributed by atoms with Gasteiger partial charge < -0.3 is 0 Å². The van der Waals surface area contributed by atoms with Gasteiger partial charge in [0, 0.05) is 20.2 Å². The third-order valence-corrected chi connectivity index (χ3v) is 6.15. The molecule has 2 heteroatoms. The van der Waals surface area contributed by atoms with Gasteiger partial charge in [0.15, 0.2) is 0 Å². The second kappa shape index (κ2) is 6.15. The Bertz CT molecular complexity index is 1250. The van der Waals surface area contributed by atoms with Gasteiger partial charge in [-0.15, -0.1) is 11.3 Å². The topological polar surface area (TPSA) is 0 Å². The van der Waals surface area contributed by atoms with E-state index >= 15 is 0 Å². The molecule has 0 saturated heterocycles. The van der Waals surface area contributed by atoms with Gasteiger partial charge in [-0.2, -0.15) is 0 Å². The first-order valence-electron chi connectivity index (χ1n) is 8.87. The molecule has 1 heterocycles. The zero-order valence-corrected chi connectivity index (χ0v) is 15.4. The van der Waals surface area contributed by atoms with Crippen LogP contribution in [0.2, 0.25) is 0 Å². The van der Waals surface area contributed by atoms with Crippen LogP contribution in [0.4, 0.5) is 0 Å². The van der Waals surface area contributed by atoms with Crippen molar-refractivity contribution >= 4 is 44.8 Å². The number of rotatable bonds is 2. The third-order valence-electron chi connectivity index (χ3n) is 4.93. The lowest BCUT2D eigenvalue weighted by atomic mass is 9.91. The molecule has 0 spiro atoms. The predicted molar refractivity (Wildman–Crippen MR) is 118 cm³/mol. The van der Waals surface area contributed by atoms with Crippen molar-refractivity contribution in [2.75, 3.05) is 0 Å². The highest BCUT2D eigenvalue weighted by molar-refractivity contribution is 7.26. The Labute approximate surface area is 158 Å². The molecule has 0 aliphatic heterocycles. The van der Waals surface area contributed by atoms with E-state index in [1.807, 2.05) is 11.3 Å². The average Bonchev–Trinajstić information content (AvgIpc) is 3.07. The first kappa shape index (κ1) is 15.4. The van der Waals surface area contributed by atoms with Gasteiger partial charge in [-0.05, 0) is 34.4 Å². The van der Waals surface area contributed by atoms with Crippen LogP contribution in [-0.4, -0.2) is 7.85 Å². The molecule has 0 N–H and O–H groups in total. The first-order chi connectivity index (χ1) is 12.8. The van der Waals surface area contributed by atoms with Crippen molar-refractivity contribution in [1.82, 2.24) is 0 Å². The zero-order chi connectivity index (χ0) is 17.5. The Morgan fingerprint density at radius 2 is 1.27 bits per heavy atom. The second-order valence-electron chi connectivity index (χ2n) is 6.73. The van der Waals surface area contributed by atoms with Crippen LogP contribution in [0.25, 0.3) is 42.4 Å². The van der Waals surface area contributed by atoms with E-state index in [0.29, 0.717) is 0 Å². The summed E-state index contributed by atoms with van der Waals surface area (Å²) >= 11 is 1.89. The van der Waals surface area contributed by atoms with E-state index in [1.165, 1.54) is 47.9 Å². The van der Waals surface area contributed by atoms with Gasteiger partial charge in [0.2, 0.25) is 0 Å². The second-order valence-corrected chi connectivity index (χ2v) is 7.78. The van der Waals surface area contributed by atoms with Crippen LogP contribution in [-0.2, 0) is 0 Å². The molecule has 0 unspecified atom stereocenters. The van der Waals surface area contributed by atoms with Crippen LogP contribution >= 0.6 is 11.3 Å². The third kappa shape index (κ3) is 2.54. The molecule has 0 radical (unpaired) electrons. The summed E-state index contributed by atoms with van der Waals surface area (Å²) in [5.41, 5.74) is 6.43. The molecule has 0 saturated carbocycles. The quantitative estimate of drug-likeness (QED) is 0.362. The number of hydrogen-bond acceptors (Lipinski definition) is 1. The van der Waals surface area contributed by atoms with Crippen molar-refractivity contribution in [3.05, 3.63) is 91.0 Å². The van der Waals surface area contributed by atoms with Crippen LogP contribution in [0.15, 0.2) is 91.0 Å². The van der Waals surface area contributed by atoms with Crippen LogP contribution in [0.1, 0.15) is 0 Å². The molecule has 0 aliphatic carbocycles. The smallest absolute Gasteiger partial charge is 0.135 e. The standard InChI is InChI=1S/C24H17BS/c25-19-9-4-7-17(15-19)16-6-3-8-18(14-16)20-11-5-12-22-21-10-1-2-13-23(21)26-24(20)22/h1-15H,25H2. The lowest BCUT2D eigenvalue weighted by Gasteiger charge is -2.08. The van der Waals surface area contributed by atoms with Crippen LogP contribution in [0, 0.1) is 0 Å². The highest BCUT2D eigenvalue weighted by Crippen LogP contribution is 2.40. The molecule has 0 bridgehead atoms. The summed E-state index contributed by atoms with van der Waals surface area (Å²) in [6.45, 7) is 0. The highest BCUT2D eigenvalue weighted by atomic mass is 32.1. The number of thiophene rings is 1. The molecule has 0 atom stereocenters. The van der Waals surface area contributed by atoms with Crippen molar-refractivity contribution in [2.45, 2.75) is 0 Å². The SMILES string of the molecule is Bc1cccc(-c2cccc(-c3cccc4c3sc3ccccc34)c2)c1. The minimum Gasteiger partial charge on any atom is -0.135 e. The maximum Gasteiger partial charge on any atom is 0.139 e. The van der Waals surface area contributed by atoms with E-state index in [1.54, 1.807) is 0 Å². The molecule has 122 valence electrons. The van der Waals surface area contributed by atoms with Crippen molar-refractivity contribution in [3.63, 3.8) is 0 Å². The Kier molecular flexibility index (Phi) is 3.65. The van der Waals surface area contributed by atoms with Gasteiger partial charge in [-0.1, -0.05) is 84.3 Å². The zero-order valence-electron chi connectivity index (χ0n) is 14.6. The summed E-state index contributed by atoms with van der Waals surface area (Å²) in [7, 11) is 2.14. The highest BCUT2D eigenvalue weighted by Gasteiger charge is 2.10. The maximum absolute atomic E-state index is 2.31. The molecule has 0 fully saturated rings. The van der Waals surface area contributed by atoms with Crippen LogP contribution in [0.5, 0.6) is 0 Å². The maximum atomic E-state index is 2.31. The number of benzene rings is 4. The molecule has 0 nitrogen and oxygen atoms in total. The van der Waals surface area contributed by atoms with Gasteiger partial charge in [-0.25, -0.2) is 0 Å². The van der Waals surface area contributed by atoms with Gasteiger partial charge in [0.05, 0.1) is 0 Å². The summed E-state index contributed by atoms with van der Waals surface area (Å²) in [5.74, 6) is 0. The molecule has 1 aromatic heterocycles. The van der Waals surface area contributed by atoms with E-state index in [2.05, 4.69) is 98.8 Å². The monoisotopic (exact) mass is 348 g/mol. The summed E-state index contributed by atoms with van der Waals surface area (Å²) < 4.78 is 2.72.